The van der Waals surface area contributed by atoms with Gasteiger partial charge in [-0.1, -0.05) is 153 Å². The topological polar surface area (TPSA) is 40.6 Å². The van der Waals surface area contributed by atoms with Crippen LogP contribution in [0.4, 0.5) is 0 Å². The van der Waals surface area contributed by atoms with Gasteiger partial charge in [0.15, 0.2) is 5.82 Å². The number of rotatable bonds is 4. The number of hydrogen-bond acceptors (Lipinski definition) is 2. The van der Waals surface area contributed by atoms with Crippen molar-refractivity contribution in [2.24, 2.45) is 0 Å². The van der Waals surface area contributed by atoms with E-state index in [0.717, 1.165) is 68.4 Å². The van der Waals surface area contributed by atoms with Gasteiger partial charge in [0, 0.05) is 54.9 Å². The first-order valence-corrected chi connectivity index (χ1v) is 23.8. The summed E-state index contributed by atoms with van der Waals surface area (Å²) in [6.07, 6.45) is 6.76. The SMILES string of the molecule is CC1(C)c2ccccc2-c2cc(-n3c4c(c5c6c7ccccc7n(-c7cccc8c7c7ccccc7n8-c7nc8ccccc8nc7-c7cccc8ccccc78)c6ccc53)C=CCC4)ccc21. The van der Waals surface area contributed by atoms with E-state index < -0.39 is 0 Å². The van der Waals surface area contributed by atoms with E-state index in [9.17, 15) is 0 Å². The van der Waals surface area contributed by atoms with Crippen molar-refractivity contribution < 1.29 is 0 Å². The van der Waals surface area contributed by atoms with Gasteiger partial charge in [-0.3, -0.25) is 4.57 Å². The maximum atomic E-state index is 5.52. The van der Waals surface area contributed by atoms with Gasteiger partial charge in [-0.25, -0.2) is 9.97 Å². The predicted molar refractivity (Wildman–Crippen MR) is 283 cm³/mol. The minimum absolute atomic E-state index is 0.0452. The second-order valence-electron chi connectivity index (χ2n) is 19.2. The molecule has 0 N–H and O–H groups in total. The summed E-state index contributed by atoms with van der Waals surface area (Å²) in [5.41, 5.74) is 19.9. The van der Waals surface area contributed by atoms with Gasteiger partial charge < -0.3 is 9.13 Å². The van der Waals surface area contributed by atoms with Crippen LogP contribution >= 0.6 is 0 Å². The molecule has 0 unspecified atom stereocenters. The van der Waals surface area contributed by atoms with Gasteiger partial charge in [-0.15, -0.1) is 0 Å². The molecule has 15 rings (SSSR count). The molecule has 2 aliphatic rings. The quantitative estimate of drug-likeness (QED) is 0.177. The van der Waals surface area contributed by atoms with Crippen LogP contribution in [0.15, 0.2) is 194 Å². The third-order valence-electron chi connectivity index (χ3n) is 15.3. The lowest BCUT2D eigenvalue weighted by Crippen LogP contribution is -2.14. The largest absolute Gasteiger partial charge is 0.313 e. The maximum absolute atomic E-state index is 5.52. The molecule has 5 nitrogen and oxygen atoms in total. The standard InChI is InChI=1S/C63H43N5/c1-63(2)47-25-9-5-20-41(47)46-37-39(33-34-48(46)63)66-51-28-12-7-22-44(51)59-56(66)35-36-57-60(59)45-23-8-13-29-52(45)67(57)54-31-16-32-55-58(54)43-21-6-14-30-53(43)68(55)62-61(64-49-26-10-11-27-50(49)65-62)42-24-15-18-38-17-3-4-19-40(38)42/h3-11,13-27,29-37H,12,28H2,1-2H3. The molecule has 0 aliphatic heterocycles. The first-order valence-electron chi connectivity index (χ1n) is 23.8. The highest BCUT2D eigenvalue weighted by atomic mass is 15.1. The third-order valence-corrected chi connectivity index (χ3v) is 15.3. The molecule has 4 heterocycles. The summed E-state index contributed by atoms with van der Waals surface area (Å²) in [6, 6.07) is 68.8. The van der Waals surface area contributed by atoms with Gasteiger partial charge in [0.1, 0.15) is 5.69 Å². The number of nitrogens with zero attached hydrogens (tertiary/aromatic N) is 5. The highest BCUT2D eigenvalue weighted by molar-refractivity contribution is 6.25. The molecular weight excluding hydrogens is 827 g/mol. The molecule has 13 aromatic rings. The van der Waals surface area contributed by atoms with Crippen molar-refractivity contribution in [2.45, 2.75) is 32.1 Å². The lowest BCUT2D eigenvalue weighted by molar-refractivity contribution is 0.660. The molecule has 0 fully saturated rings. The fourth-order valence-electron chi connectivity index (χ4n) is 12.3. The summed E-state index contributed by atoms with van der Waals surface area (Å²) in [5, 5.41) is 8.50. The van der Waals surface area contributed by atoms with Crippen LogP contribution in [-0.2, 0) is 11.8 Å². The Morgan fingerprint density at radius 1 is 0.456 bits per heavy atom. The van der Waals surface area contributed by atoms with E-state index in [2.05, 4.69) is 216 Å². The number of benzene rings is 9. The third kappa shape index (κ3) is 5.00. The number of aromatic nitrogens is 5. The minimum Gasteiger partial charge on any atom is -0.313 e. The van der Waals surface area contributed by atoms with Gasteiger partial charge in [-0.05, 0) is 107 Å². The molecule has 0 saturated carbocycles. The molecule has 68 heavy (non-hydrogen) atoms. The molecule has 4 aromatic heterocycles. The number of fused-ring (bicyclic) bond motifs is 15. The lowest BCUT2D eigenvalue weighted by Gasteiger charge is -2.21. The molecule has 5 heteroatoms. The molecule has 0 spiro atoms. The van der Waals surface area contributed by atoms with Crippen LogP contribution in [0.3, 0.4) is 0 Å². The molecule has 0 saturated heterocycles. The summed E-state index contributed by atoms with van der Waals surface area (Å²) < 4.78 is 7.44. The van der Waals surface area contributed by atoms with E-state index in [1.807, 2.05) is 12.1 Å². The molecule has 320 valence electrons. The Hall–Kier alpha value is -8.54. The van der Waals surface area contributed by atoms with Crippen molar-refractivity contribution in [1.82, 2.24) is 23.7 Å². The minimum atomic E-state index is -0.0452. The van der Waals surface area contributed by atoms with Crippen LogP contribution in [0.25, 0.3) is 122 Å². The Balaban J connectivity index is 1.01. The van der Waals surface area contributed by atoms with Gasteiger partial charge in [0.05, 0.1) is 44.3 Å². The van der Waals surface area contributed by atoms with Crippen molar-refractivity contribution in [2.75, 3.05) is 0 Å². The van der Waals surface area contributed by atoms with Crippen LogP contribution in [0.1, 0.15) is 42.7 Å². The number of hydrogen-bond donors (Lipinski definition) is 0. The summed E-state index contributed by atoms with van der Waals surface area (Å²) in [6.45, 7) is 4.72. The van der Waals surface area contributed by atoms with Gasteiger partial charge in [-0.2, -0.15) is 0 Å². The molecule has 9 aromatic carbocycles. The fourth-order valence-corrected chi connectivity index (χ4v) is 12.3. The van der Waals surface area contributed by atoms with Gasteiger partial charge >= 0.3 is 0 Å². The van der Waals surface area contributed by atoms with E-state index in [0.29, 0.717) is 0 Å². The normalized spacial score (nSPS) is 14.0. The van der Waals surface area contributed by atoms with E-state index in [4.69, 9.17) is 9.97 Å². The molecule has 0 amide bonds. The van der Waals surface area contributed by atoms with Crippen molar-refractivity contribution in [3.05, 3.63) is 217 Å². The molecule has 2 aliphatic carbocycles. The molecular formula is C63H43N5. The first kappa shape index (κ1) is 37.7. The second kappa shape index (κ2) is 13.8. The molecule has 0 atom stereocenters. The average molecular weight is 870 g/mol. The highest BCUT2D eigenvalue weighted by Gasteiger charge is 2.36. The Labute approximate surface area is 392 Å². The van der Waals surface area contributed by atoms with Crippen LogP contribution in [0, 0.1) is 0 Å². The van der Waals surface area contributed by atoms with Crippen molar-refractivity contribution in [1.29, 1.82) is 0 Å². The summed E-state index contributed by atoms with van der Waals surface area (Å²) >= 11 is 0. The van der Waals surface area contributed by atoms with Crippen LogP contribution in [-0.4, -0.2) is 23.7 Å². The van der Waals surface area contributed by atoms with Crippen molar-refractivity contribution in [3.63, 3.8) is 0 Å². The Bertz CT molecular complexity index is 4360. The summed E-state index contributed by atoms with van der Waals surface area (Å²) in [5.74, 6) is 0.811. The predicted octanol–water partition coefficient (Wildman–Crippen LogP) is 15.9. The van der Waals surface area contributed by atoms with E-state index >= 15 is 0 Å². The molecule has 0 radical (unpaired) electrons. The van der Waals surface area contributed by atoms with E-state index in [1.54, 1.807) is 0 Å². The highest BCUT2D eigenvalue weighted by Crippen LogP contribution is 2.51. The lowest BCUT2D eigenvalue weighted by atomic mass is 9.82. The van der Waals surface area contributed by atoms with Gasteiger partial charge in [0.25, 0.3) is 0 Å². The number of allylic oxidation sites excluding steroid dienone is 1. The maximum Gasteiger partial charge on any atom is 0.165 e. The second-order valence-corrected chi connectivity index (χ2v) is 19.2. The van der Waals surface area contributed by atoms with Crippen molar-refractivity contribution in [3.8, 4) is 39.6 Å². The Kier molecular flexibility index (Phi) is 7.62. The van der Waals surface area contributed by atoms with E-state index in [-0.39, 0.29) is 5.41 Å². The van der Waals surface area contributed by atoms with Crippen LogP contribution in [0.2, 0.25) is 0 Å². The van der Waals surface area contributed by atoms with Gasteiger partial charge in [0.2, 0.25) is 0 Å². The molecule has 0 bridgehead atoms. The summed E-state index contributed by atoms with van der Waals surface area (Å²) in [4.78, 5) is 11.0. The zero-order valence-corrected chi connectivity index (χ0v) is 37.7. The number of para-hydroxylation sites is 4. The Morgan fingerprint density at radius 2 is 1.07 bits per heavy atom. The smallest absolute Gasteiger partial charge is 0.165 e. The zero-order chi connectivity index (χ0) is 44.8. The zero-order valence-electron chi connectivity index (χ0n) is 37.7. The Morgan fingerprint density at radius 3 is 1.93 bits per heavy atom. The monoisotopic (exact) mass is 869 g/mol. The first-order chi connectivity index (χ1) is 33.5. The van der Waals surface area contributed by atoms with Crippen LogP contribution < -0.4 is 0 Å². The summed E-state index contributed by atoms with van der Waals surface area (Å²) in [7, 11) is 0. The van der Waals surface area contributed by atoms with Crippen LogP contribution in [0.5, 0.6) is 0 Å². The van der Waals surface area contributed by atoms with E-state index in [1.165, 1.54) is 82.7 Å². The average Bonchev–Trinajstić information content (AvgIpc) is 4.09. The fraction of sp³-hybridized carbons (Fsp3) is 0.0794. The van der Waals surface area contributed by atoms with Crippen molar-refractivity contribution >= 4 is 82.4 Å².